The second-order valence-corrected chi connectivity index (χ2v) is 9.96. The second-order valence-electron chi connectivity index (χ2n) is 9.96. The maximum Gasteiger partial charge on any atom is 0.325 e. The maximum atomic E-state index is 13.7. The molecule has 1 aromatic carbocycles. The Labute approximate surface area is 198 Å². The number of likely N-dealkylation sites (tertiary alicyclic amines) is 1. The van der Waals surface area contributed by atoms with E-state index in [4.69, 9.17) is 4.42 Å². The van der Waals surface area contributed by atoms with Crippen LogP contribution >= 0.6 is 0 Å². The van der Waals surface area contributed by atoms with Gasteiger partial charge in [0.1, 0.15) is 22.9 Å². The molecule has 2 aromatic rings. The number of halogens is 1. The third-order valence-electron chi connectivity index (χ3n) is 7.49. The topological polar surface area (TPSA) is 82.9 Å². The van der Waals surface area contributed by atoms with E-state index in [0.717, 1.165) is 18.4 Å². The van der Waals surface area contributed by atoms with E-state index in [1.165, 1.54) is 17.0 Å². The summed E-state index contributed by atoms with van der Waals surface area (Å²) in [7, 11) is 0. The lowest BCUT2D eigenvalue weighted by Crippen LogP contribution is -2.58. The van der Waals surface area contributed by atoms with E-state index >= 15 is 0 Å². The molecule has 0 radical (unpaired) electrons. The molecule has 1 aromatic heterocycles. The number of rotatable bonds is 6. The Morgan fingerprint density at radius 2 is 1.79 bits per heavy atom. The molecule has 1 atom stereocenters. The molecule has 180 valence electrons. The van der Waals surface area contributed by atoms with Crippen molar-refractivity contribution in [1.29, 1.82) is 0 Å². The monoisotopic (exact) mass is 467 g/mol. The highest BCUT2D eigenvalue weighted by Gasteiger charge is 2.56. The van der Waals surface area contributed by atoms with Crippen molar-refractivity contribution >= 4 is 17.8 Å². The number of benzene rings is 1. The molecule has 2 saturated heterocycles. The van der Waals surface area contributed by atoms with Gasteiger partial charge in [0.2, 0.25) is 0 Å². The molecule has 5 rings (SSSR count). The Balaban J connectivity index is 1.37. The number of imide groups is 1. The maximum absolute atomic E-state index is 13.7. The van der Waals surface area contributed by atoms with Crippen LogP contribution in [0.5, 0.6) is 0 Å². The van der Waals surface area contributed by atoms with E-state index in [1.54, 1.807) is 30.0 Å². The molecule has 1 saturated carbocycles. The first-order valence-corrected chi connectivity index (χ1v) is 12.0. The zero-order valence-corrected chi connectivity index (χ0v) is 19.6. The zero-order valence-electron chi connectivity index (χ0n) is 19.6. The SMILES string of the molecule is Cc1cc(C(=O)N2CCC([C@@]3(Cc4ccc(F)cc4)NC(=O)N(CC4CC4)C3=O)CC2)c(C)o1. The summed E-state index contributed by atoms with van der Waals surface area (Å²) in [5.74, 6) is 0.950. The number of carbonyl (C=O) groups is 3. The van der Waals surface area contributed by atoms with Crippen LogP contribution in [0.2, 0.25) is 0 Å². The van der Waals surface area contributed by atoms with Crippen LogP contribution in [0.1, 0.15) is 53.1 Å². The van der Waals surface area contributed by atoms with Crippen molar-refractivity contribution in [2.75, 3.05) is 19.6 Å². The first kappa shape index (κ1) is 22.6. The van der Waals surface area contributed by atoms with Gasteiger partial charge in [-0.15, -0.1) is 0 Å². The summed E-state index contributed by atoms with van der Waals surface area (Å²) in [6.45, 7) is 5.03. The molecule has 1 aliphatic carbocycles. The number of furan rings is 1. The largest absolute Gasteiger partial charge is 0.466 e. The quantitative estimate of drug-likeness (QED) is 0.655. The Morgan fingerprint density at radius 1 is 1.12 bits per heavy atom. The molecule has 1 N–H and O–H groups in total. The summed E-state index contributed by atoms with van der Waals surface area (Å²) in [5.41, 5.74) is 0.283. The van der Waals surface area contributed by atoms with Crippen LogP contribution in [0.25, 0.3) is 0 Å². The van der Waals surface area contributed by atoms with Crippen LogP contribution in [-0.4, -0.2) is 52.8 Å². The average Bonchev–Trinajstić information content (AvgIpc) is 3.54. The van der Waals surface area contributed by atoms with Gasteiger partial charge < -0.3 is 14.6 Å². The van der Waals surface area contributed by atoms with Crippen LogP contribution in [-0.2, 0) is 11.2 Å². The fraction of sp³-hybridized carbons (Fsp3) is 0.500. The molecule has 7 nitrogen and oxygen atoms in total. The predicted octanol–water partition coefficient (Wildman–Crippen LogP) is 3.83. The molecule has 4 amide bonds. The lowest BCUT2D eigenvalue weighted by Gasteiger charge is -2.41. The predicted molar refractivity (Wildman–Crippen MR) is 123 cm³/mol. The van der Waals surface area contributed by atoms with Gasteiger partial charge in [-0.1, -0.05) is 12.1 Å². The van der Waals surface area contributed by atoms with Gasteiger partial charge >= 0.3 is 6.03 Å². The molecule has 0 spiro atoms. The molecule has 3 heterocycles. The highest BCUT2D eigenvalue weighted by atomic mass is 19.1. The van der Waals surface area contributed by atoms with Crippen molar-refractivity contribution in [1.82, 2.24) is 15.1 Å². The molecule has 34 heavy (non-hydrogen) atoms. The summed E-state index contributed by atoms with van der Waals surface area (Å²) >= 11 is 0. The minimum absolute atomic E-state index is 0.0717. The smallest absolute Gasteiger partial charge is 0.325 e. The number of carbonyl (C=O) groups excluding carboxylic acids is 3. The van der Waals surface area contributed by atoms with Crippen molar-refractivity contribution in [2.45, 2.75) is 51.5 Å². The highest BCUT2D eigenvalue weighted by molar-refractivity contribution is 6.07. The van der Waals surface area contributed by atoms with Gasteiger partial charge in [0.05, 0.1) is 5.56 Å². The van der Waals surface area contributed by atoms with E-state index in [0.29, 0.717) is 61.9 Å². The minimum Gasteiger partial charge on any atom is -0.466 e. The average molecular weight is 468 g/mol. The summed E-state index contributed by atoms with van der Waals surface area (Å²) in [5, 5.41) is 3.05. The number of nitrogens with one attached hydrogen (secondary N) is 1. The first-order chi connectivity index (χ1) is 16.3. The van der Waals surface area contributed by atoms with Crippen LogP contribution in [0, 0.1) is 31.5 Å². The molecule has 3 fully saturated rings. The molecule has 3 aliphatic rings. The van der Waals surface area contributed by atoms with E-state index in [9.17, 15) is 18.8 Å². The summed E-state index contributed by atoms with van der Waals surface area (Å²) in [4.78, 5) is 42.9. The van der Waals surface area contributed by atoms with Crippen LogP contribution in [0.4, 0.5) is 9.18 Å². The van der Waals surface area contributed by atoms with E-state index in [2.05, 4.69) is 5.32 Å². The van der Waals surface area contributed by atoms with E-state index < -0.39 is 5.54 Å². The van der Waals surface area contributed by atoms with Gasteiger partial charge in [0, 0.05) is 26.1 Å². The van der Waals surface area contributed by atoms with Crippen molar-refractivity contribution in [3.05, 3.63) is 58.8 Å². The fourth-order valence-electron chi connectivity index (χ4n) is 5.42. The lowest BCUT2D eigenvalue weighted by molar-refractivity contribution is -0.134. The zero-order chi connectivity index (χ0) is 24.0. The summed E-state index contributed by atoms with van der Waals surface area (Å²) in [6.07, 6.45) is 3.56. The Morgan fingerprint density at radius 3 is 2.38 bits per heavy atom. The summed E-state index contributed by atoms with van der Waals surface area (Å²) in [6, 6.07) is 7.51. The van der Waals surface area contributed by atoms with Crippen molar-refractivity contribution in [2.24, 2.45) is 11.8 Å². The number of hydrogen-bond acceptors (Lipinski definition) is 4. The normalized spacial score (nSPS) is 23.5. The summed E-state index contributed by atoms with van der Waals surface area (Å²) < 4.78 is 19.0. The standard InChI is InChI=1S/C26H30FN3O4/c1-16-13-22(17(2)34-16)23(31)29-11-9-20(10-12-29)26(14-18-5-7-21(27)8-6-18)24(32)30(25(33)28-26)15-19-3-4-19/h5-8,13,19-20H,3-4,9-12,14-15H2,1-2H3,(H,28,33)/t26-/m1/s1. The number of urea groups is 1. The molecule has 2 aliphatic heterocycles. The Bertz CT molecular complexity index is 1120. The van der Waals surface area contributed by atoms with Gasteiger partial charge in [-0.3, -0.25) is 14.5 Å². The molecular weight excluding hydrogens is 437 g/mol. The lowest BCUT2D eigenvalue weighted by atomic mass is 9.73. The third kappa shape index (κ3) is 4.10. The third-order valence-corrected chi connectivity index (χ3v) is 7.49. The van der Waals surface area contributed by atoms with E-state index in [-0.39, 0.29) is 29.6 Å². The van der Waals surface area contributed by atoms with Crippen LogP contribution < -0.4 is 5.32 Å². The fourth-order valence-corrected chi connectivity index (χ4v) is 5.42. The van der Waals surface area contributed by atoms with Crippen molar-refractivity contribution in [3.63, 3.8) is 0 Å². The van der Waals surface area contributed by atoms with Gasteiger partial charge in [-0.25, -0.2) is 9.18 Å². The van der Waals surface area contributed by atoms with Crippen LogP contribution in [0.15, 0.2) is 34.7 Å². The van der Waals surface area contributed by atoms with Crippen molar-refractivity contribution < 1.29 is 23.2 Å². The number of piperidine rings is 1. The number of amides is 4. The molecule has 0 unspecified atom stereocenters. The first-order valence-electron chi connectivity index (χ1n) is 12.0. The van der Waals surface area contributed by atoms with Crippen molar-refractivity contribution in [3.8, 4) is 0 Å². The Hall–Kier alpha value is -3.16. The molecule has 0 bridgehead atoms. The number of nitrogens with zero attached hydrogens (tertiary/aromatic N) is 2. The molecular formula is C26H30FN3O4. The molecule has 8 heteroatoms. The number of hydrogen-bond donors (Lipinski definition) is 1. The highest BCUT2D eigenvalue weighted by Crippen LogP contribution is 2.39. The minimum atomic E-state index is -1.08. The second kappa shape index (κ2) is 8.56. The van der Waals surface area contributed by atoms with Gasteiger partial charge in [0.15, 0.2) is 0 Å². The Kier molecular flexibility index (Phi) is 5.70. The van der Waals surface area contributed by atoms with Crippen LogP contribution in [0.3, 0.4) is 0 Å². The van der Waals surface area contributed by atoms with Gasteiger partial charge in [0.25, 0.3) is 11.8 Å². The van der Waals surface area contributed by atoms with E-state index in [1.807, 2.05) is 6.92 Å². The number of aryl methyl sites for hydroxylation is 2. The van der Waals surface area contributed by atoms with Gasteiger partial charge in [-0.05, 0) is 75.1 Å². The van der Waals surface area contributed by atoms with Gasteiger partial charge in [-0.2, -0.15) is 0 Å².